The molecule has 1 aliphatic carbocycles. The van der Waals surface area contributed by atoms with E-state index in [0.29, 0.717) is 18.0 Å². The summed E-state index contributed by atoms with van der Waals surface area (Å²) in [6, 6.07) is 15.6. The first-order chi connectivity index (χ1) is 11.1. The third-order valence-electron chi connectivity index (χ3n) is 4.50. The lowest BCUT2D eigenvalue weighted by Crippen LogP contribution is -2.37. The number of nitrogens with two attached hydrogens (primary N) is 1. The van der Waals surface area contributed by atoms with Crippen molar-refractivity contribution in [3.05, 3.63) is 64.7 Å². The van der Waals surface area contributed by atoms with Crippen molar-refractivity contribution in [2.45, 2.75) is 37.6 Å². The number of benzene rings is 2. The molecule has 0 heterocycles. The van der Waals surface area contributed by atoms with Gasteiger partial charge in [0.15, 0.2) is 0 Å². The van der Waals surface area contributed by atoms with Crippen LogP contribution in [0.15, 0.2) is 48.5 Å². The number of anilines is 1. The maximum Gasteiger partial charge on any atom is 0.224 e. The SMILES string of the molecule is Nc1ccc(CC(=O)N[C@@H]2CCC[C@H]2c2ccc(Cl)cc2)cc1. The summed E-state index contributed by atoms with van der Waals surface area (Å²) in [5.41, 5.74) is 8.63. The molecule has 0 aromatic heterocycles. The van der Waals surface area contributed by atoms with Gasteiger partial charge in [-0.3, -0.25) is 4.79 Å². The van der Waals surface area contributed by atoms with Crippen LogP contribution in [-0.4, -0.2) is 11.9 Å². The summed E-state index contributed by atoms with van der Waals surface area (Å²) in [6.45, 7) is 0. The summed E-state index contributed by atoms with van der Waals surface area (Å²) in [5.74, 6) is 0.447. The minimum Gasteiger partial charge on any atom is -0.399 e. The monoisotopic (exact) mass is 328 g/mol. The second-order valence-electron chi connectivity index (χ2n) is 6.18. The van der Waals surface area contributed by atoms with Crippen LogP contribution in [0.25, 0.3) is 0 Å². The first-order valence-corrected chi connectivity index (χ1v) is 8.39. The summed E-state index contributed by atoms with van der Waals surface area (Å²) < 4.78 is 0. The second kappa shape index (κ2) is 7.05. The average Bonchev–Trinajstić information content (AvgIpc) is 2.98. The quantitative estimate of drug-likeness (QED) is 0.836. The number of rotatable bonds is 4. The summed E-state index contributed by atoms with van der Waals surface area (Å²) >= 11 is 5.96. The molecule has 0 spiro atoms. The molecule has 2 atom stereocenters. The smallest absolute Gasteiger partial charge is 0.224 e. The fourth-order valence-corrected chi connectivity index (χ4v) is 3.45. The van der Waals surface area contributed by atoms with Gasteiger partial charge in [-0.2, -0.15) is 0 Å². The Hall–Kier alpha value is -2.00. The van der Waals surface area contributed by atoms with Crippen LogP contribution in [0.5, 0.6) is 0 Å². The van der Waals surface area contributed by atoms with Gasteiger partial charge in [-0.25, -0.2) is 0 Å². The molecule has 3 nitrogen and oxygen atoms in total. The number of carbonyl (C=O) groups excluding carboxylic acids is 1. The van der Waals surface area contributed by atoms with E-state index in [0.717, 1.165) is 29.8 Å². The Labute approximate surface area is 141 Å². The zero-order chi connectivity index (χ0) is 16.2. The number of nitrogen functional groups attached to an aromatic ring is 1. The number of carbonyl (C=O) groups is 1. The molecule has 120 valence electrons. The predicted octanol–water partition coefficient (Wildman–Crippen LogP) is 3.92. The Morgan fingerprint density at radius 3 is 2.48 bits per heavy atom. The van der Waals surface area contributed by atoms with Crippen LogP contribution in [0, 0.1) is 0 Å². The summed E-state index contributed by atoms with van der Waals surface area (Å²) in [5, 5.41) is 3.95. The molecule has 0 unspecified atom stereocenters. The van der Waals surface area contributed by atoms with Crippen molar-refractivity contribution in [3.8, 4) is 0 Å². The third-order valence-corrected chi connectivity index (χ3v) is 4.76. The predicted molar refractivity (Wildman–Crippen MR) is 94.5 cm³/mol. The van der Waals surface area contributed by atoms with E-state index < -0.39 is 0 Å². The normalized spacial score (nSPS) is 20.4. The lowest BCUT2D eigenvalue weighted by atomic mass is 9.94. The summed E-state index contributed by atoms with van der Waals surface area (Å²) in [4.78, 5) is 12.3. The highest BCUT2D eigenvalue weighted by Gasteiger charge is 2.29. The molecular weight excluding hydrogens is 308 g/mol. The van der Waals surface area contributed by atoms with Crippen molar-refractivity contribution >= 4 is 23.2 Å². The zero-order valence-corrected chi connectivity index (χ0v) is 13.7. The third kappa shape index (κ3) is 4.05. The molecule has 1 fully saturated rings. The molecule has 23 heavy (non-hydrogen) atoms. The first kappa shape index (κ1) is 15.9. The van der Waals surface area contributed by atoms with Gasteiger partial charge in [0.05, 0.1) is 6.42 Å². The van der Waals surface area contributed by atoms with Crippen LogP contribution in [0.4, 0.5) is 5.69 Å². The van der Waals surface area contributed by atoms with Gasteiger partial charge in [-0.15, -0.1) is 0 Å². The van der Waals surface area contributed by atoms with Crippen molar-refractivity contribution in [3.63, 3.8) is 0 Å². The highest BCUT2D eigenvalue weighted by molar-refractivity contribution is 6.30. The maximum atomic E-state index is 12.3. The lowest BCUT2D eigenvalue weighted by molar-refractivity contribution is -0.121. The molecule has 2 aromatic rings. The van der Waals surface area contributed by atoms with Gasteiger partial charge in [-0.1, -0.05) is 42.3 Å². The van der Waals surface area contributed by atoms with E-state index in [1.54, 1.807) is 0 Å². The van der Waals surface area contributed by atoms with Crippen molar-refractivity contribution in [2.75, 3.05) is 5.73 Å². The Morgan fingerprint density at radius 2 is 1.78 bits per heavy atom. The molecule has 0 saturated heterocycles. The number of hydrogen-bond acceptors (Lipinski definition) is 2. The molecular formula is C19H21ClN2O. The molecule has 4 heteroatoms. The van der Waals surface area contributed by atoms with E-state index in [1.165, 1.54) is 5.56 Å². The highest BCUT2D eigenvalue weighted by Crippen LogP contribution is 2.35. The lowest BCUT2D eigenvalue weighted by Gasteiger charge is -2.21. The van der Waals surface area contributed by atoms with E-state index in [4.69, 9.17) is 17.3 Å². The van der Waals surface area contributed by atoms with Gasteiger partial charge in [0, 0.05) is 22.7 Å². The minimum absolute atomic E-state index is 0.0700. The Morgan fingerprint density at radius 1 is 1.09 bits per heavy atom. The van der Waals surface area contributed by atoms with Crippen LogP contribution >= 0.6 is 11.6 Å². The summed E-state index contributed by atoms with van der Waals surface area (Å²) in [6.07, 6.45) is 3.67. The van der Waals surface area contributed by atoms with Gasteiger partial charge in [0.2, 0.25) is 5.91 Å². The molecule has 1 amide bonds. The van der Waals surface area contributed by atoms with Crippen molar-refractivity contribution in [2.24, 2.45) is 0 Å². The number of hydrogen-bond donors (Lipinski definition) is 2. The van der Waals surface area contributed by atoms with Gasteiger partial charge in [0.25, 0.3) is 0 Å². The molecule has 3 N–H and O–H groups in total. The van der Waals surface area contributed by atoms with Crippen LogP contribution in [-0.2, 0) is 11.2 Å². The van der Waals surface area contributed by atoms with Gasteiger partial charge >= 0.3 is 0 Å². The van der Waals surface area contributed by atoms with E-state index in [1.807, 2.05) is 36.4 Å². The largest absolute Gasteiger partial charge is 0.399 e. The van der Waals surface area contributed by atoms with Crippen molar-refractivity contribution in [1.82, 2.24) is 5.32 Å². The molecule has 1 aliphatic rings. The van der Waals surface area contributed by atoms with E-state index >= 15 is 0 Å². The van der Waals surface area contributed by atoms with Crippen LogP contribution in [0.1, 0.15) is 36.3 Å². The molecule has 0 radical (unpaired) electrons. The Kier molecular flexibility index (Phi) is 4.87. The fourth-order valence-electron chi connectivity index (χ4n) is 3.32. The number of nitrogens with one attached hydrogen (secondary N) is 1. The standard InChI is InChI=1S/C19H21ClN2O/c20-15-8-6-14(7-9-15)17-2-1-3-18(17)22-19(23)12-13-4-10-16(21)11-5-13/h4-11,17-18H,1-3,12,21H2,(H,22,23)/t17-,18+/m0/s1. The van der Waals surface area contributed by atoms with E-state index in [9.17, 15) is 4.79 Å². The topological polar surface area (TPSA) is 55.1 Å². The van der Waals surface area contributed by atoms with Gasteiger partial charge in [-0.05, 0) is 48.2 Å². The minimum atomic E-state index is 0.0700. The molecule has 0 aliphatic heterocycles. The van der Waals surface area contributed by atoms with Crippen LogP contribution in [0.3, 0.4) is 0 Å². The van der Waals surface area contributed by atoms with Crippen LogP contribution < -0.4 is 11.1 Å². The van der Waals surface area contributed by atoms with Gasteiger partial charge in [0.1, 0.15) is 0 Å². The Balaban J connectivity index is 1.62. The van der Waals surface area contributed by atoms with E-state index in [-0.39, 0.29) is 11.9 Å². The molecule has 1 saturated carbocycles. The molecule has 0 bridgehead atoms. The van der Waals surface area contributed by atoms with Crippen molar-refractivity contribution in [1.29, 1.82) is 0 Å². The first-order valence-electron chi connectivity index (χ1n) is 8.01. The highest BCUT2D eigenvalue weighted by atomic mass is 35.5. The van der Waals surface area contributed by atoms with Gasteiger partial charge < -0.3 is 11.1 Å². The average molecular weight is 329 g/mol. The molecule has 2 aromatic carbocycles. The zero-order valence-electron chi connectivity index (χ0n) is 13.0. The number of halogens is 1. The van der Waals surface area contributed by atoms with E-state index in [2.05, 4.69) is 17.4 Å². The van der Waals surface area contributed by atoms with Crippen molar-refractivity contribution < 1.29 is 4.79 Å². The fraction of sp³-hybridized carbons (Fsp3) is 0.316. The second-order valence-corrected chi connectivity index (χ2v) is 6.62. The maximum absolute atomic E-state index is 12.3. The summed E-state index contributed by atoms with van der Waals surface area (Å²) in [7, 11) is 0. The molecule has 3 rings (SSSR count). The Bertz CT molecular complexity index is 667. The number of amides is 1. The van der Waals surface area contributed by atoms with Crippen LogP contribution in [0.2, 0.25) is 5.02 Å².